The van der Waals surface area contributed by atoms with Crippen molar-refractivity contribution in [3.8, 4) is 0 Å². The summed E-state index contributed by atoms with van der Waals surface area (Å²) in [7, 11) is 0. The van der Waals surface area contributed by atoms with Gasteiger partial charge in [-0.2, -0.15) is 0 Å². The summed E-state index contributed by atoms with van der Waals surface area (Å²) in [6.07, 6.45) is 3.44. The van der Waals surface area contributed by atoms with Crippen molar-refractivity contribution in [2.24, 2.45) is 0 Å². The zero-order chi connectivity index (χ0) is 15.6. The zero-order valence-corrected chi connectivity index (χ0v) is 13.9. The topological polar surface area (TPSA) is 15.3 Å². The van der Waals surface area contributed by atoms with Crippen molar-refractivity contribution in [3.05, 3.63) is 60.2 Å². The summed E-state index contributed by atoms with van der Waals surface area (Å²) in [5.74, 6) is 0. The molecule has 0 saturated carbocycles. The molecule has 0 radical (unpaired) electrons. The van der Waals surface area contributed by atoms with Gasteiger partial charge in [0.25, 0.3) is 0 Å². The molecule has 2 aromatic rings. The van der Waals surface area contributed by atoms with Crippen molar-refractivity contribution in [3.63, 3.8) is 0 Å². The van der Waals surface area contributed by atoms with Gasteiger partial charge >= 0.3 is 0 Å². The molecule has 0 aromatic heterocycles. The number of anilines is 2. The van der Waals surface area contributed by atoms with E-state index in [4.69, 9.17) is 0 Å². The Morgan fingerprint density at radius 2 is 1.45 bits per heavy atom. The van der Waals surface area contributed by atoms with E-state index in [9.17, 15) is 0 Å². The summed E-state index contributed by atoms with van der Waals surface area (Å²) in [4.78, 5) is 2.47. The summed E-state index contributed by atoms with van der Waals surface area (Å²) in [6, 6.07) is 19.5. The summed E-state index contributed by atoms with van der Waals surface area (Å²) in [6.45, 7) is 7.71. The average Bonchev–Trinajstić information content (AvgIpc) is 2.56. The lowest BCUT2D eigenvalue weighted by Crippen LogP contribution is -2.24. The molecule has 2 heteroatoms. The van der Waals surface area contributed by atoms with Gasteiger partial charge in [-0.15, -0.1) is 0 Å². The first kappa shape index (κ1) is 16.4. The van der Waals surface area contributed by atoms with Crippen LogP contribution in [-0.2, 0) is 6.42 Å². The van der Waals surface area contributed by atoms with Gasteiger partial charge in [0.15, 0.2) is 0 Å². The quantitative estimate of drug-likeness (QED) is 0.703. The van der Waals surface area contributed by atoms with Crippen LogP contribution >= 0.6 is 0 Å². The van der Waals surface area contributed by atoms with E-state index in [0.717, 1.165) is 26.1 Å². The Bertz CT molecular complexity index is 513. The predicted octanol–water partition coefficient (Wildman–Crippen LogP) is 4.97. The second-order valence-electron chi connectivity index (χ2n) is 5.70. The minimum absolute atomic E-state index is 0.969. The molecule has 0 spiro atoms. The van der Waals surface area contributed by atoms with Crippen molar-refractivity contribution in [1.29, 1.82) is 0 Å². The molecular formula is C20H28N2. The molecule has 0 unspecified atom stereocenters. The van der Waals surface area contributed by atoms with Crippen LogP contribution in [0.5, 0.6) is 0 Å². The van der Waals surface area contributed by atoms with Crippen molar-refractivity contribution in [2.75, 3.05) is 29.9 Å². The molecule has 1 N–H and O–H groups in total. The smallest absolute Gasteiger partial charge is 0.0367 e. The van der Waals surface area contributed by atoms with Crippen LogP contribution in [-0.4, -0.2) is 19.6 Å². The normalized spacial score (nSPS) is 10.5. The molecular weight excluding hydrogens is 268 g/mol. The maximum absolute atomic E-state index is 3.50. The Balaban J connectivity index is 1.85. The minimum Gasteiger partial charge on any atom is -0.385 e. The molecule has 0 aliphatic heterocycles. The van der Waals surface area contributed by atoms with Crippen LogP contribution in [0.2, 0.25) is 0 Å². The first-order valence-corrected chi connectivity index (χ1v) is 8.46. The number of benzene rings is 2. The highest BCUT2D eigenvalue weighted by Gasteiger charge is 2.04. The van der Waals surface area contributed by atoms with E-state index >= 15 is 0 Å². The molecule has 118 valence electrons. The Kier molecular flexibility index (Phi) is 6.82. The number of nitrogens with one attached hydrogen (secondary N) is 1. The van der Waals surface area contributed by atoms with Crippen LogP contribution in [0, 0.1) is 0 Å². The van der Waals surface area contributed by atoms with E-state index < -0.39 is 0 Å². The van der Waals surface area contributed by atoms with Gasteiger partial charge in [-0.05, 0) is 49.1 Å². The molecule has 0 aliphatic rings. The van der Waals surface area contributed by atoms with E-state index in [1.807, 2.05) is 0 Å². The van der Waals surface area contributed by atoms with E-state index in [0.29, 0.717) is 0 Å². The van der Waals surface area contributed by atoms with Crippen molar-refractivity contribution in [1.82, 2.24) is 0 Å². The van der Waals surface area contributed by atoms with Crippen molar-refractivity contribution < 1.29 is 0 Å². The van der Waals surface area contributed by atoms with Gasteiger partial charge in [-0.25, -0.2) is 0 Å². The average molecular weight is 296 g/mol. The molecule has 2 aromatic carbocycles. The fraction of sp³-hybridized carbons (Fsp3) is 0.400. The third-order valence-corrected chi connectivity index (χ3v) is 3.81. The lowest BCUT2D eigenvalue weighted by molar-refractivity contribution is 0.745. The van der Waals surface area contributed by atoms with E-state index in [1.54, 1.807) is 0 Å². The van der Waals surface area contributed by atoms with E-state index in [2.05, 4.69) is 78.7 Å². The van der Waals surface area contributed by atoms with Crippen molar-refractivity contribution in [2.45, 2.75) is 33.1 Å². The molecule has 2 rings (SSSR count). The molecule has 0 bridgehead atoms. The number of hydrogen-bond acceptors (Lipinski definition) is 2. The van der Waals surface area contributed by atoms with Gasteiger partial charge < -0.3 is 10.2 Å². The summed E-state index contributed by atoms with van der Waals surface area (Å²) < 4.78 is 0. The van der Waals surface area contributed by atoms with Gasteiger partial charge in [0, 0.05) is 31.0 Å². The lowest BCUT2D eigenvalue weighted by atomic mass is 10.1. The van der Waals surface area contributed by atoms with E-state index in [-0.39, 0.29) is 0 Å². The van der Waals surface area contributed by atoms with Gasteiger partial charge in [0.1, 0.15) is 0 Å². The highest BCUT2D eigenvalue weighted by molar-refractivity contribution is 5.55. The summed E-state index contributed by atoms with van der Waals surface area (Å²) in [5, 5.41) is 3.50. The highest BCUT2D eigenvalue weighted by atomic mass is 15.1. The molecule has 0 atom stereocenters. The third kappa shape index (κ3) is 5.10. The molecule has 0 fully saturated rings. The largest absolute Gasteiger partial charge is 0.385 e. The Labute approximate surface area is 135 Å². The molecule has 0 amide bonds. The highest BCUT2D eigenvalue weighted by Crippen LogP contribution is 2.18. The fourth-order valence-electron chi connectivity index (χ4n) is 2.70. The Hall–Kier alpha value is -1.96. The Morgan fingerprint density at radius 1 is 0.818 bits per heavy atom. The van der Waals surface area contributed by atoms with Gasteiger partial charge in [0.05, 0.1) is 0 Å². The second kappa shape index (κ2) is 9.14. The van der Waals surface area contributed by atoms with Gasteiger partial charge in [0.2, 0.25) is 0 Å². The Morgan fingerprint density at radius 3 is 2.05 bits per heavy atom. The van der Waals surface area contributed by atoms with E-state index in [1.165, 1.54) is 29.8 Å². The first-order chi connectivity index (χ1) is 10.8. The monoisotopic (exact) mass is 296 g/mol. The van der Waals surface area contributed by atoms with Crippen LogP contribution in [0.25, 0.3) is 0 Å². The maximum atomic E-state index is 3.50. The number of hydrogen-bond donors (Lipinski definition) is 1. The van der Waals surface area contributed by atoms with Gasteiger partial charge in [-0.3, -0.25) is 0 Å². The van der Waals surface area contributed by atoms with Crippen LogP contribution in [0.4, 0.5) is 11.4 Å². The van der Waals surface area contributed by atoms with Crippen LogP contribution in [0.3, 0.4) is 0 Å². The van der Waals surface area contributed by atoms with Crippen molar-refractivity contribution >= 4 is 11.4 Å². The summed E-state index contributed by atoms with van der Waals surface area (Å²) in [5.41, 5.74) is 3.91. The fourth-order valence-corrected chi connectivity index (χ4v) is 2.70. The van der Waals surface area contributed by atoms with Crippen LogP contribution in [0.1, 0.15) is 32.3 Å². The SMILES string of the molecule is CCCN(CCC)c1ccc(NCCc2ccccc2)cc1. The molecule has 0 heterocycles. The number of rotatable bonds is 9. The lowest BCUT2D eigenvalue weighted by Gasteiger charge is -2.24. The van der Waals surface area contributed by atoms with Crippen LogP contribution < -0.4 is 10.2 Å². The first-order valence-electron chi connectivity index (χ1n) is 8.46. The molecule has 0 saturated heterocycles. The maximum Gasteiger partial charge on any atom is 0.0367 e. The van der Waals surface area contributed by atoms with Crippen LogP contribution in [0.15, 0.2) is 54.6 Å². The predicted molar refractivity (Wildman–Crippen MR) is 97.9 cm³/mol. The molecule has 2 nitrogen and oxygen atoms in total. The third-order valence-electron chi connectivity index (χ3n) is 3.81. The molecule has 0 aliphatic carbocycles. The minimum atomic E-state index is 0.969. The summed E-state index contributed by atoms with van der Waals surface area (Å²) >= 11 is 0. The molecule has 22 heavy (non-hydrogen) atoms. The second-order valence-corrected chi connectivity index (χ2v) is 5.70. The number of nitrogens with zero attached hydrogens (tertiary/aromatic N) is 1. The zero-order valence-electron chi connectivity index (χ0n) is 13.9. The standard InChI is InChI=1S/C20H28N2/c1-3-16-22(17-4-2)20-12-10-19(11-13-20)21-15-14-18-8-6-5-7-9-18/h5-13,21H,3-4,14-17H2,1-2H3. The van der Waals surface area contributed by atoms with Gasteiger partial charge in [-0.1, -0.05) is 44.2 Å².